The van der Waals surface area contributed by atoms with Gasteiger partial charge in [-0.3, -0.25) is 51.2 Å². The summed E-state index contributed by atoms with van der Waals surface area (Å²) in [5.41, 5.74) is 2.40. The Hall–Kier alpha value is -1.55. The second-order valence-electron chi connectivity index (χ2n) is 21.0. The largest absolute Gasteiger partial charge is 0.472 e. The summed E-state index contributed by atoms with van der Waals surface area (Å²) >= 11 is 0. The molecule has 0 aliphatic carbocycles. The van der Waals surface area contributed by atoms with E-state index in [1.165, 1.54) is 32.1 Å². The predicted molar refractivity (Wildman–Crippen MR) is 302 cm³/mol. The molecule has 0 heterocycles. The Morgan fingerprint density at radius 1 is 0.436 bits per heavy atom. The van der Waals surface area contributed by atoms with Gasteiger partial charge in [-0.25, -0.2) is 19.2 Å². The minimum Gasteiger partial charge on any atom is -0.396 e. The van der Waals surface area contributed by atoms with Crippen molar-refractivity contribution in [1.29, 1.82) is 0 Å². The fourth-order valence-electron chi connectivity index (χ4n) is 6.49. The van der Waals surface area contributed by atoms with E-state index >= 15 is 0 Å². The Morgan fingerprint density at radius 2 is 0.808 bits per heavy atom. The summed E-state index contributed by atoms with van der Waals surface area (Å²) in [5, 5.41) is 12.3. The lowest BCUT2D eigenvalue weighted by Gasteiger charge is -2.16. The van der Waals surface area contributed by atoms with Crippen LogP contribution >= 0.6 is 23.5 Å². The molecule has 0 aromatic carbocycles. The van der Waals surface area contributed by atoms with E-state index in [-0.39, 0.29) is 94.3 Å². The van der Waals surface area contributed by atoms with Crippen molar-refractivity contribution in [2.45, 2.75) is 230 Å². The molecule has 0 rings (SSSR count). The van der Waals surface area contributed by atoms with Crippen molar-refractivity contribution >= 4 is 46.8 Å². The molecule has 0 spiro atoms. The number of ketones is 2. The van der Waals surface area contributed by atoms with Crippen LogP contribution in [0.25, 0.3) is 0 Å². The van der Waals surface area contributed by atoms with Crippen LogP contribution in [0.4, 0.5) is 0 Å². The van der Waals surface area contributed by atoms with Gasteiger partial charge in [0.1, 0.15) is 11.6 Å². The van der Waals surface area contributed by atoms with Crippen molar-refractivity contribution in [3.8, 4) is 0 Å². The highest BCUT2D eigenvalue weighted by atomic mass is 31.2. The van der Waals surface area contributed by atoms with Gasteiger partial charge < -0.3 is 34.6 Å². The smallest absolute Gasteiger partial charge is 0.396 e. The van der Waals surface area contributed by atoms with E-state index in [1.807, 2.05) is 27.7 Å². The van der Waals surface area contributed by atoms with E-state index in [0.717, 1.165) is 57.4 Å². The Bertz CT molecular complexity index is 1600. The molecule has 0 aliphatic heterocycles. The topological polar surface area (TPSA) is 308 Å². The maximum absolute atomic E-state index is 11.6. The summed E-state index contributed by atoms with van der Waals surface area (Å²) in [6.45, 7) is 24.3. The van der Waals surface area contributed by atoms with Crippen LogP contribution in [0.1, 0.15) is 212 Å². The number of Topliss-reactive ketones (excluding diaryl/α,β-unsaturated/α-hetero) is 2. The fraction of sp³-hybridized carbons (Fsp3) is 0.925. The number of aliphatic hydroxyl groups is 1. The highest BCUT2D eigenvalue weighted by molar-refractivity contribution is 7.47. The van der Waals surface area contributed by atoms with Gasteiger partial charge in [-0.05, 0) is 105 Å². The average molecular weight is 1190 g/mol. The summed E-state index contributed by atoms with van der Waals surface area (Å²) in [5.74, 6) is 1.24. The number of hydroxylamine groups is 1. The number of rotatable bonds is 50. The minimum absolute atomic E-state index is 0.00995. The summed E-state index contributed by atoms with van der Waals surface area (Å²) in [7, 11) is -12.0. The van der Waals surface area contributed by atoms with Gasteiger partial charge in [0.25, 0.3) is 0 Å². The number of phosphoric acid groups is 3. The monoisotopic (exact) mass is 1190 g/mol. The number of phosphoric ester groups is 3. The molecule has 3 unspecified atom stereocenters. The Balaban J connectivity index is -0.00000109. The lowest BCUT2D eigenvalue weighted by molar-refractivity contribution is -0.134. The molecule has 0 saturated carbocycles. The zero-order valence-corrected chi connectivity index (χ0v) is 52.6. The van der Waals surface area contributed by atoms with Gasteiger partial charge in [-0.15, -0.1) is 0 Å². The second kappa shape index (κ2) is 51.1. The van der Waals surface area contributed by atoms with Gasteiger partial charge in [0.2, 0.25) is 11.8 Å². The van der Waals surface area contributed by atoms with Crippen molar-refractivity contribution in [2.24, 2.45) is 23.7 Å². The standard InChI is InChI=1S/C19H37NO2.C18H36NO7P.C16H36O11P2/c1-16(2)12-8-6-5-7-11-15-20-19(22)14-10-9-13-18(21)17(3)4;1-15(2)17(20)11-7-8-12-18(21)19-24-13-9-5-6-10-14-25-27(22,23)26-16(3)4;1-14(2)26-28(18,19)24-9-5-7-22-12-16(11-17)13-23-8-6-10-25-29(20,21)27-15(3)4/h16-17H,5-15H2,1-4H3,(H,20,22);15-16H,5-14H2,1-4H3,(H,19,21)(H,22,23);14-17H,5-13H2,1-4H3,(H,18,19)(H,20,21). The van der Waals surface area contributed by atoms with Gasteiger partial charge >= 0.3 is 23.5 Å². The van der Waals surface area contributed by atoms with E-state index < -0.39 is 35.7 Å². The van der Waals surface area contributed by atoms with Crippen LogP contribution in [-0.4, -0.2) is 127 Å². The molecule has 0 aromatic rings. The van der Waals surface area contributed by atoms with Crippen molar-refractivity contribution < 1.29 is 94.1 Å². The number of hydrogen-bond donors (Lipinski definition) is 6. The lowest BCUT2D eigenvalue weighted by atomic mass is 10.0. The number of carbonyl (C=O) groups excluding carboxylic acids is 4. The zero-order valence-electron chi connectivity index (χ0n) is 49.9. The molecular formula is C53H109N2O20P3. The first kappa shape index (κ1) is 80.7. The summed E-state index contributed by atoms with van der Waals surface area (Å²) in [4.78, 5) is 79.4. The average Bonchev–Trinajstić information content (AvgIpc) is 3.32. The van der Waals surface area contributed by atoms with Crippen LogP contribution in [0.2, 0.25) is 0 Å². The first-order valence-corrected chi connectivity index (χ1v) is 33.0. The van der Waals surface area contributed by atoms with Crippen LogP contribution in [-0.2, 0) is 74.3 Å². The van der Waals surface area contributed by atoms with E-state index in [9.17, 15) is 52.7 Å². The molecule has 0 radical (unpaired) electrons. The number of ether oxygens (including phenoxy) is 2. The van der Waals surface area contributed by atoms with Crippen LogP contribution in [0.5, 0.6) is 0 Å². The van der Waals surface area contributed by atoms with Crippen molar-refractivity contribution in [1.82, 2.24) is 10.8 Å². The summed E-state index contributed by atoms with van der Waals surface area (Å²) in [6, 6.07) is 0. The minimum atomic E-state index is -4.03. The van der Waals surface area contributed by atoms with Crippen molar-refractivity contribution in [2.75, 3.05) is 66.0 Å². The van der Waals surface area contributed by atoms with Crippen LogP contribution in [0.15, 0.2) is 0 Å². The highest BCUT2D eigenvalue weighted by Crippen LogP contribution is 2.46. The molecule has 0 aliphatic rings. The van der Waals surface area contributed by atoms with Gasteiger partial charge in [0.05, 0.1) is 64.6 Å². The Kier molecular flexibility index (Phi) is 52.9. The maximum Gasteiger partial charge on any atom is 0.472 e. The predicted octanol–water partition coefficient (Wildman–Crippen LogP) is 11.3. The molecule has 78 heavy (non-hydrogen) atoms. The van der Waals surface area contributed by atoms with E-state index in [4.69, 9.17) is 41.5 Å². The maximum atomic E-state index is 11.6. The molecule has 466 valence electrons. The van der Waals surface area contributed by atoms with Gasteiger partial charge in [0.15, 0.2) is 0 Å². The molecule has 3 atom stereocenters. The number of nitrogens with one attached hydrogen (secondary N) is 2. The molecule has 25 heteroatoms. The molecule has 0 fully saturated rings. The Morgan fingerprint density at radius 3 is 1.22 bits per heavy atom. The van der Waals surface area contributed by atoms with Crippen LogP contribution in [0, 0.1) is 23.7 Å². The second-order valence-corrected chi connectivity index (χ2v) is 25.2. The SMILES string of the molecule is CC(C)CCCCCCCNC(=O)CCCCC(=O)C(C)C.CC(C)OP(=O)(O)OCCCCCCONC(=O)CCCCC(=O)C(C)C.CC(C)OP(=O)(O)OCCCOCC(CO)COCCCOP(=O)(O)OC(C)C. The third-order valence-electron chi connectivity index (χ3n) is 10.7. The molecule has 2 amide bonds. The van der Waals surface area contributed by atoms with Gasteiger partial charge in [-0.1, -0.05) is 86.5 Å². The van der Waals surface area contributed by atoms with Crippen LogP contribution < -0.4 is 10.8 Å². The Labute approximate surface area is 469 Å². The number of amides is 2. The van der Waals surface area contributed by atoms with Crippen molar-refractivity contribution in [3.05, 3.63) is 0 Å². The lowest BCUT2D eigenvalue weighted by Crippen LogP contribution is -2.24. The van der Waals surface area contributed by atoms with Gasteiger partial charge in [0, 0.05) is 63.2 Å². The number of aliphatic hydroxyl groups excluding tert-OH is 1. The quantitative estimate of drug-likeness (QED) is 0.0187. The van der Waals surface area contributed by atoms with Gasteiger partial charge in [-0.2, -0.15) is 0 Å². The van der Waals surface area contributed by atoms with E-state index in [0.29, 0.717) is 63.8 Å². The number of hydrogen-bond acceptors (Lipinski definition) is 17. The highest BCUT2D eigenvalue weighted by Gasteiger charge is 2.24. The molecule has 0 aromatic heterocycles. The summed E-state index contributed by atoms with van der Waals surface area (Å²) < 4.78 is 74.0. The number of carbonyl (C=O) groups is 4. The van der Waals surface area contributed by atoms with Crippen LogP contribution in [0.3, 0.4) is 0 Å². The van der Waals surface area contributed by atoms with E-state index in [1.54, 1.807) is 41.5 Å². The third kappa shape index (κ3) is 60.5. The third-order valence-corrected chi connectivity index (χ3v) is 14.3. The molecule has 0 saturated heterocycles. The first-order valence-electron chi connectivity index (χ1n) is 28.5. The van der Waals surface area contributed by atoms with E-state index in [2.05, 4.69) is 24.6 Å². The molecule has 0 bridgehead atoms. The fourth-order valence-corrected chi connectivity index (χ4v) is 9.35. The molecule has 22 nitrogen and oxygen atoms in total. The van der Waals surface area contributed by atoms with Crippen molar-refractivity contribution in [3.63, 3.8) is 0 Å². The molecular weight excluding hydrogens is 1080 g/mol. The number of unbranched alkanes of at least 4 members (excludes halogenated alkanes) is 9. The normalized spacial score (nSPS) is 14.4. The molecule has 6 N–H and O–H groups in total. The first-order chi connectivity index (χ1) is 36.5. The zero-order chi connectivity index (χ0) is 59.8. The summed E-state index contributed by atoms with van der Waals surface area (Å²) in [6.07, 6.45) is 15.3.